The van der Waals surface area contributed by atoms with E-state index in [2.05, 4.69) is 17.1 Å². The van der Waals surface area contributed by atoms with E-state index in [1.165, 1.54) is 11.8 Å². The van der Waals surface area contributed by atoms with E-state index in [1.54, 1.807) is 18.2 Å². The lowest BCUT2D eigenvalue weighted by atomic mass is 10.00. The molecule has 1 heterocycles. The smallest absolute Gasteiger partial charge is 0.234 e. The number of carbonyl (C=O) groups excluding carboxylic acids is 1. The summed E-state index contributed by atoms with van der Waals surface area (Å²) in [5.74, 6) is 0.896. The Morgan fingerprint density at radius 1 is 1.41 bits per heavy atom. The van der Waals surface area contributed by atoms with Crippen LogP contribution in [0.25, 0.3) is 0 Å². The highest BCUT2D eigenvalue weighted by Gasteiger charge is 2.19. The topological polar surface area (TPSA) is 32.3 Å². The van der Waals surface area contributed by atoms with E-state index >= 15 is 0 Å². The zero-order valence-electron chi connectivity index (χ0n) is 12.3. The molecule has 1 aromatic rings. The average Bonchev–Trinajstić information content (AvgIpc) is 2.49. The molecule has 2 rings (SSSR count). The summed E-state index contributed by atoms with van der Waals surface area (Å²) in [7, 11) is 0. The highest BCUT2D eigenvalue weighted by atomic mass is 35.5. The van der Waals surface area contributed by atoms with Crippen LogP contribution in [0.4, 0.5) is 5.69 Å². The quantitative estimate of drug-likeness (QED) is 0.775. The van der Waals surface area contributed by atoms with Crippen LogP contribution in [0.1, 0.15) is 19.8 Å². The highest BCUT2D eigenvalue weighted by Crippen LogP contribution is 2.26. The molecule has 1 N–H and O–H groups in total. The van der Waals surface area contributed by atoms with Crippen LogP contribution >= 0.6 is 47.2 Å². The highest BCUT2D eigenvalue weighted by molar-refractivity contribution is 8.23. The van der Waals surface area contributed by atoms with Crippen molar-refractivity contribution in [3.8, 4) is 0 Å². The molecule has 1 aromatic carbocycles. The van der Waals surface area contributed by atoms with Crippen LogP contribution in [0.3, 0.4) is 0 Å². The van der Waals surface area contributed by atoms with E-state index in [9.17, 15) is 4.79 Å². The Labute approximate surface area is 150 Å². The number of anilines is 1. The Morgan fingerprint density at radius 2 is 2.09 bits per heavy atom. The molecule has 1 aliphatic rings. The molecular formula is C15H18Cl2N2OS2. The number of carbonyl (C=O) groups is 1. The zero-order valence-corrected chi connectivity index (χ0v) is 15.4. The van der Waals surface area contributed by atoms with E-state index in [0.717, 1.165) is 36.2 Å². The molecule has 0 saturated carbocycles. The van der Waals surface area contributed by atoms with Gasteiger partial charge in [-0.3, -0.25) is 4.79 Å². The predicted octanol–water partition coefficient (Wildman–Crippen LogP) is 4.68. The summed E-state index contributed by atoms with van der Waals surface area (Å²) in [6.07, 6.45) is 2.32. The third-order valence-electron chi connectivity index (χ3n) is 3.57. The van der Waals surface area contributed by atoms with Crippen molar-refractivity contribution in [3.05, 3.63) is 28.2 Å². The summed E-state index contributed by atoms with van der Waals surface area (Å²) >= 11 is 18.7. The number of piperidine rings is 1. The summed E-state index contributed by atoms with van der Waals surface area (Å²) < 4.78 is 0.791. The molecule has 22 heavy (non-hydrogen) atoms. The summed E-state index contributed by atoms with van der Waals surface area (Å²) in [5.41, 5.74) is 0.525. The van der Waals surface area contributed by atoms with Gasteiger partial charge in [-0.05, 0) is 37.0 Å². The molecule has 0 unspecified atom stereocenters. The number of benzene rings is 1. The lowest BCUT2D eigenvalue weighted by molar-refractivity contribution is -0.113. The van der Waals surface area contributed by atoms with E-state index in [0.29, 0.717) is 15.7 Å². The van der Waals surface area contributed by atoms with Gasteiger partial charge in [0.1, 0.15) is 4.32 Å². The second-order valence-corrected chi connectivity index (χ2v) is 7.85. The number of amides is 1. The number of hydrogen-bond donors (Lipinski definition) is 1. The van der Waals surface area contributed by atoms with Crippen molar-refractivity contribution in [2.24, 2.45) is 5.92 Å². The number of thioether (sulfide) groups is 1. The minimum atomic E-state index is -0.137. The van der Waals surface area contributed by atoms with Crippen molar-refractivity contribution in [1.29, 1.82) is 0 Å². The summed E-state index contributed by atoms with van der Waals surface area (Å²) in [6, 6.07) is 4.98. The molecule has 1 aliphatic heterocycles. The zero-order chi connectivity index (χ0) is 16.1. The number of halogens is 2. The van der Waals surface area contributed by atoms with Crippen LogP contribution in [-0.4, -0.2) is 34.0 Å². The van der Waals surface area contributed by atoms with E-state index in [4.69, 9.17) is 35.4 Å². The fourth-order valence-corrected chi connectivity index (χ4v) is 3.58. The molecule has 0 aliphatic carbocycles. The Morgan fingerprint density at radius 3 is 2.77 bits per heavy atom. The standard InChI is InChI=1S/C15H18Cl2N2OS2/c1-10-4-6-19(7-5-10)15(21)22-9-14(20)18-13-8-11(16)2-3-12(13)17/h2-3,8,10H,4-7,9H2,1H3,(H,18,20). The number of hydrogen-bond acceptors (Lipinski definition) is 3. The van der Waals surface area contributed by atoms with Gasteiger partial charge in [0.05, 0.1) is 16.5 Å². The van der Waals surface area contributed by atoms with Crippen molar-refractivity contribution >= 4 is 63.1 Å². The molecule has 0 atom stereocenters. The van der Waals surface area contributed by atoms with Gasteiger partial charge in [0.15, 0.2) is 0 Å². The van der Waals surface area contributed by atoms with Crippen molar-refractivity contribution in [2.45, 2.75) is 19.8 Å². The van der Waals surface area contributed by atoms with Crippen molar-refractivity contribution in [3.63, 3.8) is 0 Å². The molecule has 7 heteroatoms. The number of rotatable bonds is 3. The molecule has 0 aromatic heterocycles. The van der Waals surface area contributed by atoms with Crippen LogP contribution in [0.2, 0.25) is 10.0 Å². The molecule has 1 saturated heterocycles. The second kappa shape index (κ2) is 8.39. The maximum absolute atomic E-state index is 12.0. The predicted molar refractivity (Wildman–Crippen MR) is 100 cm³/mol. The van der Waals surface area contributed by atoms with Crippen molar-refractivity contribution < 1.29 is 4.79 Å². The number of likely N-dealkylation sites (tertiary alicyclic amines) is 1. The first-order chi connectivity index (χ1) is 10.5. The lowest BCUT2D eigenvalue weighted by Gasteiger charge is -2.31. The fraction of sp³-hybridized carbons (Fsp3) is 0.467. The van der Waals surface area contributed by atoms with Crippen LogP contribution in [-0.2, 0) is 4.79 Å². The van der Waals surface area contributed by atoms with E-state index in [-0.39, 0.29) is 11.7 Å². The second-order valence-electron chi connectivity index (χ2n) is 5.40. The monoisotopic (exact) mass is 376 g/mol. The Bertz CT molecular complexity index is 560. The van der Waals surface area contributed by atoms with Crippen LogP contribution in [0, 0.1) is 5.92 Å². The van der Waals surface area contributed by atoms with Crippen LogP contribution in [0.5, 0.6) is 0 Å². The first kappa shape index (κ1) is 17.9. The largest absolute Gasteiger partial charge is 0.357 e. The molecule has 3 nitrogen and oxygen atoms in total. The normalized spacial score (nSPS) is 15.7. The third-order valence-corrected chi connectivity index (χ3v) is 5.66. The molecular weight excluding hydrogens is 359 g/mol. The van der Waals surface area contributed by atoms with Gasteiger partial charge in [0, 0.05) is 18.1 Å². The third kappa shape index (κ3) is 5.30. The van der Waals surface area contributed by atoms with Gasteiger partial charge in [-0.15, -0.1) is 0 Å². The maximum Gasteiger partial charge on any atom is 0.234 e. The van der Waals surface area contributed by atoms with Gasteiger partial charge in [0.25, 0.3) is 0 Å². The Hall–Kier alpha value is -0.490. The maximum atomic E-state index is 12.0. The average molecular weight is 377 g/mol. The fourth-order valence-electron chi connectivity index (χ4n) is 2.19. The molecule has 1 fully saturated rings. The first-order valence-corrected chi connectivity index (χ1v) is 9.27. The van der Waals surface area contributed by atoms with Gasteiger partial charge >= 0.3 is 0 Å². The summed E-state index contributed by atoms with van der Waals surface area (Å²) in [4.78, 5) is 14.2. The van der Waals surface area contributed by atoms with Gasteiger partial charge < -0.3 is 10.2 Å². The number of nitrogens with zero attached hydrogens (tertiary/aromatic N) is 1. The van der Waals surface area contributed by atoms with Crippen molar-refractivity contribution in [1.82, 2.24) is 4.90 Å². The molecule has 0 bridgehead atoms. The van der Waals surface area contributed by atoms with Gasteiger partial charge in [0.2, 0.25) is 5.91 Å². The molecule has 1 amide bonds. The van der Waals surface area contributed by atoms with E-state index in [1.807, 2.05) is 0 Å². The van der Waals surface area contributed by atoms with Crippen LogP contribution in [0.15, 0.2) is 18.2 Å². The Balaban J connectivity index is 1.80. The van der Waals surface area contributed by atoms with Gasteiger partial charge in [-0.2, -0.15) is 0 Å². The lowest BCUT2D eigenvalue weighted by Crippen LogP contribution is -2.36. The summed E-state index contributed by atoms with van der Waals surface area (Å²) in [5, 5.41) is 3.76. The molecule has 0 radical (unpaired) electrons. The number of nitrogens with one attached hydrogen (secondary N) is 1. The van der Waals surface area contributed by atoms with Crippen LogP contribution < -0.4 is 5.32 Å². The minimum absolute atomic E-state index is 0.137. The summed E-state index contributed by atoms with van der Waals surface area (Å²) in [6.45, 7) is 4.22. The van der Waals surface area contributed by atoms with E-state index < -0.39 is 0 Å². The van der Waals surface area contributed by atoms with Gasteiger partial charge in [-0.1, -0.05) is 54.1 Å². The van der Waals surface area contributed by atoms with Crippen molar-refractivity contribution in [2.75, 3.05) is 24.2 Å². The number of thiocarbonyl (C=S) groups is 1. The minimum Gasteiger partial charge on any atom is -0.357 e. The molecule has 0 spiro atoms. The first-order valence-electron chi connectivity index (χ1n) is 7.12. The Kier molecular flexibility index (Phi) is 6.81. The SMILES string of the molecule is CC1CCN(C(=S)SCC(=O)Nc2cc(Cl)ccc2Cl)CC1. The molecule has 120 valence electrons. The van der Waals surface area contributed by atoms with Gasteiger partial charge in [-0.25, -0.2) is 0 Å².